The molecule has 1 unspecified atom stereocenters. The van der Waals surface area contributed by atoms with Gasteiger partial charge in [-0.25, -0.2) is 0 Å². The lowest BCUT2D eigenvalue weighted by Crippen LogP contribution is -2.14. The average Bonchev–Trinajstić information content (AvgIpc) is 2.31. The van der Waals surface area contributed by atoms with Gasteiger partial charge in [0.05, 0.1) is 0 Å². The fourth-order valence-corrected chi connectivity index (χ4v) is 2.94. The van der Waals surface area contributed by atoms with E-state index in [2.05, 4.69) is 0 Å². The highest BCUT2D eigenvalue weighted by atomic mass is 31.1. The quantitative estimate of drug-likeness (QED) is 0.734. The van der Waals surface area contributed by atoms with Crippen molar-refractivity contribution in [2.24, 2.45) is 0 Å². The lowest BCUT2D eigenvalue weighted by atomic mass is 9.98. The van der Waals surface area contributed by atoms with Crippen LogP contribution in [0.25, 0.3) is 0 Å². The van der Waals surface area contributed by atoms with Crippen molar-refractivity contribution in [3.8, 4) is 0 Å². The summed E-state index contributed by atoms with van der Waals surface area (Å²) in [6.45, 7) is 0. The lowest BCUT2D eigenvalue weighted by Gasteiger charge is -2.15. The van der Waals surface area contributed by atoms with Crippen LogP contribution in [0.3, 0.4) is 0 Å². The van der Waals surface area contributed by atoms with Gasteiger partial charge in [-0.3, -0.25) is 0 Å². The van der Waals surface area contributed by atoms with Crippen LogP contribution in [0.4, 0.5) is 0 Å². The summed E-state index contributed by atoms with van der Waals surface area (Å²) in [5.74, 6) is 0. The Labute approximate surface area is 91.5 Å². The fourth-order valence-electron chi connectivity index (χ4n) is 1.92. The van der Waals surface area contributed by atoms with Crippen molar-refractivity contribution in [1.82, 2.24) is 0 Å². The highest BCUT2D eigenvalue weighted by Gasteiger charge is 2.28. The van der Waals surface area contributed by atoms with Crippen LogP contribution in [0.15, 0.2) is 30.3 Å². The summed E-state index contributed by atoms with van der Waals surface area (Å²) >= 11 is 0. The normalized spacial score (nSPS) is 18.8. The Bertz CT molecular complexity index is 318. The molecule has 3 heteroatoms. The maximum atomic E-state index is 11.8. The summed E-state index contributed by atoms with van der Waals surface area (Å²) in [6.07, 6.45) is 6.05. The van der Waals surface area contributed by atoms with E-state index in [0.717, 1.165) is 18.1 Å². The highest BCUT2D eigenvalue weighted by Crippen LogP contribution is 2.30. The molecule has 0 heterocycles. The third-order valence-corrected chi connectivity index (χ3v) is 3.97. The number of benzene rings is 1. The summed E-state index contributed by atoms with van der Waals surface area (Å²) in [4.78, 5) is 0. The summed E-state index contributed by atoms with van der Waals surface area (Å²) < 4.78 is 17.4. The van der Waals surface area contributed by atoms with Crippen molar-refractivity contribution in [3.05, 3.63) is 30.3 Å². The van der Waals surface area contributed by atoms with E-state index in [1.807, 2.05) is 30.3 Å². The molecule has 1 aliphatic carbocycles. The molecule has 1 aliphatic rings. The minimum Gasteiger partial charge on any atom is -0.138 e. The Balaban J connectivity index is 1.91. The molecule has 1 aromatic carbocycles. The Morgan fingerprint density at radius 3 is 2.40 bits per heavy atom. The first-order chi connectivity index (χ1) is 7.36. The minimum absolute atomic E-state index is 0.211. The summed E-state index contributed by atoms with van der Waals surface area (Å²) in [6, 6.07) is 9.44. The average molecular weight is 223 g/mol. The minimum atomic E-state index is -1.65. The van der Waals surface area contributed by atoms with E-state index < -0.39 is 8.03 Å². The topological polar surface area (TPSA) is 26.3 Å². The van der Waals surface area contributed by atoms with Gasteiger partial charge in [0.25, 0.3) is 0 Å². The van der Waals surface area contributed by atoms with Gasteiger partial charge in [-0.1, -0.05) is 37.5 Å². The summed E-state index contributed by atoms with van der Waals surface area (Å²) in [7, 11) is -1.65. The van der Waals surface area contributed by atoms with Crippen LogP contribution in [-0.2, 0) is 9.09 Å². The molecule has 1 atom stereocenters. The molecule has 2 nitrogen and oxygen atoms in total. The van der Waals surface area contributed by atoms with E-state index in [0.29, 0.717) is 0 Å². The van der Waals surface area contributed by atoms with Crippen LogP contribution in [-0.4, -0.2) is 6.10 Å². The fraction of sp³-hybridized carbons (Fsp3) is 0.500. The van der Waals surface area contributed by atoms with Gasteiger partial charge in [-0.15, -0.1) is 4.52 Å². The second-order valence-electron chi connectivity index (χ2n) is 3.96. The Kier molecular flexibility index (Phi) is 3.87. The first kappa shape index (κ1) is 10.8. The van der Waals surface area contributed by atoms with Crippen molar-refractivity contribution in [2.45, 2.75) is 38.2 Å². The molecule has 0 amide bonds. The molecular formula is C12H16O2P+. The maximum absolute atomic E-state index is 11.8. The molecule has 0 bridgehead atoms. The molecule has 0 aromatic heterocycles. The Morgan fingerprint density at radius 1 is 1.07 bits per heavy atom. The van der Waals surface area contributed by atoms with Crippen LogP contribution in [0.2, 0.25) is 0 Å². The molecular weight excluding hydrogens is 207 g/mol. The summed E-state index contributed by atoms with van der Waals surface area (Å²) in [5, 5.41) is 0.804. The van der Waals surface area contributed by atoms with E-state index in [1.54, 1.807) is 0 Å². The summed E-state index contributed by atoms with van der Waals surface area (Å²) in [5.41, 5.74) is 0. The van der Waals surface area contributed by atoms with Gasteiger partial charge in [0.1, 0.15) is 6.10 Å². The zero-order valence-electron chi connectivity index (χ0n) is 8.76. The smallest absolute Gasteiger partial charge is 0.138 e. The second kappa shape index (κ2) is 5.39. The first-order valence-electron chi connectivity index (χ1n) is 5.55. The van der Waals surface area contributed by atoms with Gasteiger partial charge >= 0.3 is 8.03 Å². The molecule has 0 aliphatic heterocycles. The van der Waals surface area contributed by atoms with E-state index in [9.17, 15) is 4.57 Å². The largest absolute Gasteiger partial charge is 0.548 e. The van der Waals surface area contributed by atoms with Gasteiger partial charge in [0.15, 0.2) is 0 Å². The van der Waals surface area contributed by atoms with Gasteiger partial charge in [-0.2, -0.15) is 0 Å². The zero-order chi connectivity index (χ0) is 10.5. The van der Waals surface area contributed by atoms with Gasteiger partial charge in [0, 0.05) is 0 Å². The molecule has 80 valence electrons. The lowest BCUT2D eigenvalue weighted by molar-refractivity contribution is 0.168. The van der Waals surface area contributed by atoms with Crippen molar-refractivity contribution >= 4 is 13.3 Å². The molecule has 0 saturated heterocycles. The van der Waals surface area contributed by atoms with E-state index in [1.165, 1.54) is 19.3 Å². The molecule has 1 aromatic rings. The van der Waals surface area contributed by atoms with Crippen LogP contribution in [0.5, 0.6) is 0 Å². The third kappa shape index (κ3) is 3.12. The molecule has 0 N–H and O–H groups in total. The van der Waals surface area contributed by atoms with Crippen molar-refractivity contribution in [2.75, 3.05) is 0 Å². The van der Waals surface area contributed by atoms with Crippen LogP contribution in [0.1, 0.15) is 32.1 Å². The predicted octanol–water partition coefficient (Wildman–Crippen LogP) is 3.40. The maximum Gasteiger partial charge on any atom is 0.548 e. The van der Waals surface area contributed by atoms with E-state index >= 15 is 0 Å². The molecule has 15 heavy (non-hydrogen) atoms. The number of hydrogen-bond donors (Lipinski definition) is 0. The van der Waals surface area contributed by atoms with Crippen molar-refractivity contribution < 1.29 is 9.09 Å². The first-order valence-corrected chi connectivity index (χ1v) is 6.73. The van der Waals surface area contributed by atoms with Gasteiger partial charge in [-0.05, 0) is 29.5 Å². The number of hydrogen-bond acceptors (Lipinski definition) is 2. The molecule has 0 spiro atoms. The van der Waals surface area contributed by atoms with Crippen LogP contribution < -0.4 is 5.30 Å². The Hall–Kier alpha value is -0.720. The predicted molar refractivity (Wildman–Crippen MR) is 61.6 cm³/mol. The third-order valence-electron chi connectivity index (χ3n) is 2.76. The van der Waals surface area contributed by atoms with Gasteiger partial charge < -0.3 is 0 Å². The van der Waals surface area contributed by atoms with Crippen molar-refractivity contribution in [1.29, 1.82) is 0 Å². The SMILES string of the molecule is O=[P+](OC1CCCCC1)c1ccccc1. The zero-order valence-corrected chi connectivity index (χ0v) is 9.66. The Morgan fingerprint density at radius 2 is 1.73 bits per heavy atom. The monoisotopic (exact) mass is 223 g/mol. The van der Waals surface area contributed by atoms with Crippen LogP contribution >= 0.6 is 8.03 Å². The highest BCUT2D eigenvalue weighted by molar-refractivity contribution is 7.48. The van der Waals surface area contributed by atoms with Crippen LogP contribution in [0, 0.1) is 0 Å². The molecule has 2 rings (SSSR count). The number of rotatable bonds is 3. The second-order valence-corrected chi connectivity index (χ2v) is 5.20. The van der Waals surface area contributed by atoms with E-state index in [4.69, 9.17) is 4.52 Å². The molecule has 1 fully saturated rings. The molecule has 1 saturated carbocycles. The van der Waals surface area contributed by atoms with E-state index in [-0.39, 0.29) is 6.10 Å². The van der Waals surface area contributed by atoms with Crippen molar-refractivity contribution in [3.63, 3.8) is 0 Å². The molecule has 0 radical (unpaired) electrons. The van der Waals surface area contributed by atoms with Gasteiger partial charge in [0.2, 0.25) is 5.30 Å². The standard InChI is InChI=1S/C12H16O2P/c13-15(12-9-5-2-6-10-12)14-11-7-3-1-4-8-11/h2,5-6,9-11H,1,3-4,7-8H2/q+1.